The lowest BCUT2D eigenvalue weighted by molar-refractivity contribution is -0.136. The summed E-state index contributed by atoms with van der Waals surface area (Å²) in [5.41, 5.74) is 0.550. The third kappa shape index (κ3) is 3.35. The first-order chi connectivity index (χ1) is 9.58. The van der Waals surface area contributed by atoms with Crippen LogP contribution in [0.3, 0.4) is 0 Å². The van der Waals surface area contributed by atoms with Gasteiger partial charge in [0.25, 0.3) is 5.89 Å². The zero-order valence-electron chi connectivity index (χ0n) is 10.6. The van der Waals surface area contributed by atoms with Crippen molar-refractivity contribution < 1.29 is 23.8 Å². The maximum Gasteiger partial charge on any atom is 0.311 e. The Balaban J connectivity index is 2.03. The Morgan fingerprint density at radius 2 is 2.05 bits per heavy atom. The molecule has 20 heavy (non-hydrogen) atoms. The molecular formula is C13H12N2O5. The van der Waals surface area contributed by atoms with E-state index in [0.717, 1.165) is 0 Å². The number of nitrogens with one attached hydrogen (secondary N) is 1. The summed E-state index contributed by atoms with van der Waals surface area (Å²) in [4.78, 5) is 26.1. The molecule has 0 bridgehead atoms. The number of hydrogen-bond acceptors (Lipinski definition) is 5. The number of amides is 1. The van der Waals surface area contributed by atoms with E-state index in [4.69, 9.17) is 14.3 Å². The number of benzene rings is 1. The van der Waals surface area contributed by atoms with E-state index >= 15 is 0 Å². The molecule has 0 fully saturated rings. The zero-order chi connectivity index (χ0) is 14.5. The summed E-state index contributed by atoms with van der Waals surface area (Å²) < 4.78 is 10.0. The minimum absolute atomic E-state index is 0.123. The number of nitrogens with zero attached hydrogens (tertiary/aromatic N) is 1. The number of hydrogen-bond donors (Lipinski definition) is 2. The van der Waals surface area contributed by atoms with Gasteiger partial charge < -0.3 is 19.6 Å². The van der Waals surface area contributed by atoms with Crippen molar-refractivity contribution in [3.8, 4) is 5.75 Å². The molecule has 0 aliphatic rings. The molecule has 0 unspecified atom stereocenters. The highest BCUT2D eigenvalue weighted by atomic mass is 16.5. The monoisotopic (exact) mass is 276 g/mol. The Kier molecular flexibility index (Phi) is 3.99. The van der Waals surface area contributed by atoms with E-state index < -0.39 is 11.9 Å². The summed E-state index contributed by atoms with van der Waals surface area (Å²) in [7, 11) is 1.55. The molecular weight excluding hydrogens is 264 g/mol. The summed E-state index contributed by atoms with van der Waals surface area (Å²) in [6, 6.07) is 6.72. The minimum atomic E-state index is -1.05. The molecule has 7 heteroatoms. The van der Waals surface area contributed by atoms with Crippen molar-refractivity contribution in [2.24, 2.45) is 0 Å². The fourth-order valence-electron chi connectivity index (χ4n) is 1.50. The normalized spacial score (nSPS) is 10.1. The van der Waals surface area contributed by atoms with Gasteiger partial charge in [-0.3, -0.25) is 9.59 Å². The molecule has 2 N–H and O–H groups in total. The van der Waals surface area contributed by atoms with Crippen molar-refractivity contribution >= 4 is 17.6 Å². The molecule has 1 amide bonds. The van der Waals surface area contributed by atoms with Crippen LogP contribution < -0.4 is 10.1 Å². The highest BCUT2D eigenvalue weighted by Crippen LogP contribution is 2.16. The summed E-state index contributed by atoms with van der Waals surface area (Å²) in [6.45, 7) is 0. The van der Waals surface area contributed by atoms with E-state index in [2.05, 4.69) is 10.3 Å². The van der Waals surface area contributed by atoms with Crippen LogP contribution in [0.5, 0.6) is 5.75 Å². The Hall–Kier alpha value is -2.83. The van der Waals surface area contributed by atoms with Crippen LogP contribution in [0.1, 0.15) is 16.4 Å². The Morgan fingerprint density at radius 3 is 2.65 bits per heavy atom. The van der Waals surface area contributed by atoms with Crippen molar-refractivity contribution in [1.82, 2.24) is 4.98 Å². The molecule has 2 aromatic rings. The SMILES string of the molecule is COc1ccc(NC(=O)c2ncc(CC(=O)O)o2)cc1. The molecule has 0 aliphatic heterocycles. The van der Waals surface area contributed by atoms with Gasteiger partial charge in [0.15, 0.2) is 0 Å². The smallest absolute Gasteiger partial charge is 0.311 e. The van der Waals surface area contributed by atoms with Crippen molar-refractivity contribution in [3.05, 3.63) is 42.1 Å². The van der Waals surface area contributed by atoms with Crippen molar-refractivity contribution in [2.75, 3.05) is 12.4 Å². The molecule has 0 aliphatic carbocycles. The van der Waals surface area contributed by atoms with Gasteiger partial charge in [-0.15, -0.1) is 0 Å². The second-order valence-corrected chi connectivity index (χ2v) is 3.88. The molecule has 0 atom stereocenters. The van der Waals surface area contributed by atoms with Gasteiger partial charge in [0.05, 0.1) is 13.3 Å². The van der Waals surface area contributed by atoms with Crippen LogP contribution in [0.15, 0.2) is 34.9 Å². The molecule has 1 heterocycles. The number of aromatic nitrogens is 1. The lowest BCUT2D eigenvalue weighted by atomic mass is 10.3. The van der Waals surface area contributed by atoms with Gasteiger partial charge in [-0.2, -0.15) is 0 Å². The Labute approximate surface area is 114 Å². The first-order valence-electron chi connectivity index (χ1n) is 5.70. The van der Waals surface area contributed by atoms with Crippen LogP contribution in [0, 0.1) is 0 Å². The van der Waals surface area contributed by atoms with Crippen molar-refractivity contribution in [3.63, 3.8) is 0 Å². The highest BCUT2D eigenvalue weighted by Gasteiger charge is 2.15. The van der Waals surface area contributed by atoms with Crippen LogP contribution in [-0.4, -0.2) is 29.1 Å². The van der Waals surface area contributed by atoms with Gasteiger partial charge in [0.1, 0.15) is 17.9 Å². The maximum atomic E-state index is 11.8. The predicted octanol–water partition coefficient (Wildman–Crippen LogP) is 1.56. The van der Waals surface area contributed by atoms with Crippen molar-refractivity contribution in [2.45, 2.75) is 6.42 Å². The molecule has 0 radical (unpaired) electrons. The largest absolute Gasteiger partial charge is 0.497 e. The number of carboxylic acids is 1. The Morgan fingerprint density at radius 1 is 1.35 bits per heavy atom. The number of ether oxygens (including phenoxy) is 1. The topological polar surface area (TPSA) is 102 Å². The summed E-state index contributed by atoms with van der Waals surface area (Å²) in [5.74, 6) is -0.993. The summed E-state index contributed by atoms with van der Waals surface area (Å²) >= 11 is 0. The van der Waals surface area contributed by atoms with Gasteiger partial charge in [-0.25, -0.2) is 4.98 Å². The summed E-state index contributed by atoms with van der Waals surface area (Å²) in [5, 5.41) is 11.2. The van der Waals surface area contributed by atoms with Crippen LogP contribution in [0.25, 0.3) is 0 Å². The lowest BCUT2D eigenvalue weighted by Gasteiger charge is -2.03. The number of oxazole rings is 1. The van der Waals surface area contributed by atoms with Gasteiger partial charge >= 0.3 is 11.9 Å². The molecule has 0 saturated carbocycles. The average Bonchev–Trinajstić information content (AvgIpc) is 2.87. The van der Waals surface area contributed by atoms with Crippen LogP contribution >= 0.6 is 0 Å². The lowest BCUT2D eigenvalue weighted by Crippen LogP contribution is -2.12. The number of aliphatic carboxylic acids is 1. The minimum Gasteiger partial charge on any atom is -0.497 e. The fourth-order valence-corrected chi connectivity index (χ4v) is 1.50. The number of carboxylic acid groups (broad SMARTS) is 1. The van der Waals surface area contributed by atoms with Gasteiger partial charge in [-0.1, -0.05) is 0 Å². The quantitative estimate of drug-likeness (QED) is 0.859. The van der Waals surface area contributed by atoms with Gasteiger partial charge in [0.2, 0.25) is 0 Å². The first kappa shape index (κ1) is 13.6. The fraction of sp³-hybridized carbons (Fsp3) is 0.154. The average molecular weight is 276 g/mol. The second kappa shape index (κ2) is 5.87. The third-order valence-electron chi connectivity index (χ3n) is 2.42. The number of carbonyl (C=O) groups is 2. The van der Waals surface area contributed by atoms with E-state index in [9.17, 15) is 9.59 Å². The number of carbonyl (C=O) groups excluding carboxylic acids is 1. The van der Waals surface area contributed by atoms with Crippen LogP contribution in [0.4, 0.5) is 5.69 Å². The second-order valence-electron chi connectivity index (χ2n) is 3.88. The van der Waals surface area contributed by atoms with Crippen LogP contribution in [-0.2, 0) is 11.2 Å². The third-order valence-corrected chi connectivity index (χ3v) is 2.42. The van der Waals surface area contributed by atoms with E-state index in [0.29, 0.717) is 11.4 Å². The molecule has 7 nitrogen and oxygen atoms in total. The molecule has 0 spiro atoms. The number of rotatable bonds is 5. The Bertz CT molecular complexity index is 618. The molecule has 0 saturated heterocycles. The summed E-state index contributed by atoms with van der Waals surface area (Å²) in [6.07, 6.45) is 0.903. The molecule has 2 rings (SSSR count). The number of methoxy groups -OCH3 is 1. The first-order valence-corrected chi connectivity index (χ1v) is 5.70. The number of anilines is 1. The predicted molar refractivity (Wildman–Crippen MR) is 68.8 cm³/mol. The van der Waals surface area contributed by atoms with Crippen molar-refractivity contribution in [1.29, 1.82) is 0 Å². The maximum absolute atomic E-state index is 11.8. The molecule has 1 aromatic heterocycles. The standard InChI is InChI=1S/C13H12N2O5/c1-19-9-4-2-8(3-5-9)15-12(18)13-14-7-10(20-13)6-11(16)17/h2-5,7H,6H2,1H3,(H,15,18)(H,16,17). The van der Waals surface area contributed by atoms with E-state index in [1.54, 1.807) is 31.4 Å². The molecule has 104 valence electrons. The van der Waals surface area contributed by atoms with Gasteiger partial charge in [-0.05, 0) is 24.3 Å². The van der Waals surface area contributed by atoms with Gasteiger partial charge in [0, 0.05) is 5.69 Å². The van der Waals surface area contributed by atoms with E-state index in [1.807, 2.05) is 0 Å². The molecule has 1 aromatic carbocycles. The highest BCUT2D eigenvalue weighted by molar-refractivity contribution is 6.00. The van der Waals surface area contributed by atoms with Crippen LogP contribution in [0.2, 0.25) is 0 Å². The van der Waals surface area contributed by atoms with E-state index in [1.165, 1.54) is 6.20 Å². The van der Waals surface area contributed by atoms with E-state index in [-0.39, 0.29) is 18.1 Å². The zero-order valence-corrected chi connectivity index (χ0v) is 10.6.